The van der Waals surface area contributed by atoms with E-state index in [1.165, 1.54) is 0 Å². The number of phenols is 1. The molecule has 0 aliphatic rings. The summed E-state index contributed by atoms with van der Waals surface area (Å²) in [6.07, 6.45) is 0.773. The third kappa shape index (κ3) is 2.21. The molecule has 0 fully saturated rings. The molecule has 78 valence electrons. The van der Waals surface area contributed by atoms with E-state index >= 15 is 0 Å². The van der Waals surface area contributed by atoms with E-state index < -0.39 is 0 Å². The molecule has 1 N–H and O–H groups in total. The average Bonchev–Trinajstić information content (AvgIpc) is 2.58. The Balaban J connectivity index is 2.21. The van der Waals surface area contributed by atoms with Crippen molar-refractivity contribution in [1.82, 2.24) is 0 Å². The number of aromatic hydroxyl groups is 1. The minimum atomic E-state index is 0.342. The first-order chi connectivity index (χ1) is 7.15. The van der Waals surface area contributed by atoms with E-state index in [1.54, 1.807) is 6.07 Å². The monoisotopic (exact) mass is 202 g/mol. The molecular weight excluding hydrogens is 188 g/mol. The topological polar surface area (TPSA) is 33.4 Å². The summed E-state index contributed by atoms with van der Waals surface area (Å²) in [5, 5.41) is 9.39. The molecule has 0 bridgehead atoms. The summed E-state index contributed by atoms with van der Waals surface area (Å²) >= 11 is 0. The lowest BCUT2D eigenvalue weighted by atomic mass is 10.1. The second-order valence-electron chi connectivity index (χ2n) is 3.81. The lowest BCUT2D eigenvalue weighted by molar-refractivity contribution is 0.470. The first-order valence-corrected chi connectivity index (χ1v) is 4.99. The van der Waals surface area contributed by atoms with Crippen LogP contribution in [0.25, 0.3) is 0 Å². The molecule has 0 unspecified atom stereocenters. The number of hydrogen-bond donors (Lipinski definition) is 1. The lowest BCUT2D eigenvalue weighted by Gasteiger charge is -2.02. The van der Waals surface area contributed by atoms with Crippen LogP contribution in [0.1, 0.15) is 22.6 Å². The van der Waals surface area contributed by atoms with Crippen molar-refractivity contribution >= 4 is 0 Å². The quantitative estimate of drug-likeness (QED) is 0.811. The smallest absolute Gasteiger partial charge is 0.118 e. The van der Waals surface area contributed by atoms with Gasteiger partial charge in [-0.05, 0) is 43.2 Å². The molecule has 0 spiro atoms. The zero-order valence-electron chi connectivity index (χ0n) is 8.95. The highest BCUT2D eigenvalue weighted by molar-refractivity contribution is 5.36. The normalized spacial score (nSPS) is 10.5. The minimum Gasteiger partial charge on any atom is -0.508 e. The highest BCUT2D eigenvalue weighted by atomic mass is 16.3. The first kappa shape index (κ1) is 9.84. The molecular formula is C13H14O2. The highest BCUT2D eigenvalue weighted by Gasteiger charge is 2.02. The summed E-state index contributed by atoms with van der Waals surface area (Å²) in [5.74, 6) is 2.23. The summed E-state index contributed by atoms with van der Waals surface area (Å²) in [6, 6.07) is 9.56. The highest BCUT2D eigenvalue weighted by Crippen LogP contribution is 2.19. The molecule has 15 heavy (non-hydrogen) atoms. The minimum absolute atomic E-state index is 0.342. The van der Waals surface area contributed by atoms with Crippen molar-refractivity contribution in [2.45, 2.75) is 20.3 Å². The molecule has 2 aromatic rings. The molecule has 0 saturated heterocycles. The Kier molecular flexibility index (Phi) is 2.50. The Labute approximate surface area is 89.2 Å². The average molecular weight is 202 g/mol. The van der Waals surface area contributed by atoms with Crippen LogP contribution >= 0.6 is 0 Å². The number of furan rings is 1. The van der Waals surface area contributed by atoms with Crippen LogP contribution in [0.2, 0.25) is 0 Å². The molecule has 2 heteroatoms. The van der Waals surface area contributed by atoms with E-state index in [0.29, 0.717) is 5.75 Å². The fourth-order valence-electron chi connectivity index (χ4n) is 1.61. The molecule has 0 aliphatic carbocycles. The summed E-state index contributed by atoms with van der Waals surface area (Å²) in [5.41, 5.74) is 2.05. The molecule has 0 amide bonds. The van der Waals surface area contributed by atoms with E-state index in [1.807, 2.05) is 38.1 Å². The second-order valence-corrected chi connectivity index (χ2v) is 3.81. The van der Waals surface area contributed by atoms with E-state index in [0.717, 1.165) is 29.1 Å². The molecule has 0 saturated carbocycles. The Morgan fingerprint density at radius 3 is 2.53 bits per heavy atom. The van der Waals surface area contributed by atoms with Crippen LogP contribution in [-0.4, -0.2) is 5.11 Å². The van der Waals surface area contributed by atoms with Crippen LogP contribution in [0.4, 0.5) is 0 Å². The van der Waals surface area contributed by atoms with Crippen molar-refractivity contribution in [2.24, 2.45) is 0 Å². The van der Waals surface area contributed by atoms with Crippen molar-refractivity contribution in [3.8, 4) is 5.75 Å². The number of hydrogen-bond acceptors (Lipinski definition) is 2. The molecule has 1 aromatic heterocycles. The van der Waals surface area contributed by atoms with Gasteiger partial charge in [0.1, 0.15) is 17.3 Å². The lowest BCUT2D eigenvalue weighted by Crippen LogP contribution is -1.86. The summed E-state index contributed by atoms with van der Waals surface area (Å²) in [6.45, 7) is 3.83. The Morgan fingerprint density at radius 1 is 1.13 bits per heavy atom. The van der Waals surface area contributed by atoms with Gasteiger partial charge in [0.15, 0.2) is 0 Å². The molecule has 1 aromatic carbocycles. The van der Waals surface area contributed by atoms with Gasteiger partial charge in [0.05, 0.1) is 0 Å². The van der Waals surface area contributed by atoms with Crippen LogP contribution in [0, 0.1) is 13.8 Å². The van der Waals surface area contributed by atoms with Gasteiger partial charge in [0.25, 0.3) is 0 Å². The first-order valence-electron chi connectivity index (χ1n) is 4.99. The Morgan fingerprint density at radius 2 is 1.93 bits per heavy atom. The van der Waals surface area contributed by atoms with Gasteiger partial charge in [-0.25, -0.2) is 0 Å². The molecule has 2 rings (SSSR count). The van der Waals surface area contributed by atoms with Crippen LogP contribution in [0.3, 0.4) is 0 Å². The van der Waals surface area contributed by atoms with Gasteiger partial charge in [-0.3, -0.25) is 0 Å². The predicted molar refractivity (Wildman–Crippen MR) is 59.1 cm³/mol. The van der Waals surface area contributed by atoms with E-state index in [-0.39, 0.29) is 0 Å². The molecule has 2 nitrogen and oxygen atoms in total. The van der Waals surface area contributed by atoms with E-state index in [4.69, 9.17) is 4.42 Å². The fraction of sp³-hybridized carbons (Fsp3) is 0.231. The van der Waals surface area contributed by atoms with Crippen molar-refractivity contribution in [3.05, 3.63) is 53.0 Å². The predicted octanol–water partition coefficient (Wildman–Crippen LogP) is 3.19. The van der Waals surface area contributed by atoms with E-state index in [2.05, 4.69) is 0 Å². The van der Waals surface area contributed by atoms with Crippen LogP contribution in [0.5, 0.6) is 5.75 Å². The van der Waals surface area contributed by atoms with Crippen molar-refractivity contribution < 1.29 is 9.52 Å². The van der Waals surface area contributed by atoms with Crippen molar-refractivity contribution in [3.63, 3.8) is 0 Å². The number of benzene rings is 1. The third-order valence-electron chi connectivity index (χ3n) is 2.44. The second kappa shape index (κ2) is 3.81. The van der Waals surface area contributed by atoms with Crippen molar-refractivity contribution in [1.29, 1.82) is 0 Å². The summed E-state index contributed by atoms with van der Waals surface area (Å²) in [4.78, 5) is 0. The van der Waals surface area contributed by atoms with Crippen LogP contribution < -0.4 is 0 Å². The van der Waals surface area contributed by atoms with Gasteiger partial charge in [-0.1, -0.05) is 12.1 Å². The molecule has 1 heterocycles. The van der Waals surface area contributed by atoms with Gasteiger partial charge >= 0.3 is 0 Å². The molecule has 0 aliphatic heterocycles. The molecule has 0 radical (unpaired) electrons. The standard InChI is InChI=1S/C13H14O2/c1-9-7-11(4-6-13(9)14)8-12-5-3-10(2)15-12/h3-7,14H,8H2,1-2H3. The van der Waals surface area contributed by atoms with Gasteiger partial charge < -0.3 is 9.52 Å². The maximum absolute atomic E-state index is 9.39. The maximum atomic E-state index is 9.39. The van der Waals surface area contributed by atoms with Crippen molar-refractivity contribution in [2.75, 3.05) is 0 Å². The van der Waals surface area contributed by atoms with Gasteiger partial charge in [-0.15, -0.1) is 0 Å². The summed E-state index contributed by atoms with van der Waals surface area (Å²) < 4.78 is 5.50. The fourth-order valence-corrected chi connectivity index (χ4v) is 1.61. The number of phenolic OH excluding ortho intramolecular Hbond substituents is 1. The third-order valence-corrected chi connectivity index (χ3v) is 2.44. The van der Waals surface area contributed by atoms with E-state index in [9.17, 15) is 5.11 Å². The number of aryl methyl sites for hydroxylation is 2. The maximum Gasteiger partial charge on any atom is 0.118 e. The SMILES string of the molecule is Cc1ccc(Cc2ccc(O)c(C)c2)o1. The zero-order chi connectivity index (χ0) is 10.8. The van der Waals surface area contributed by atoms with Gasteiger partial charge in [0, 0.05) is 6.42 Å². The number of rotatable bonds is 2. The van der Waals surface area contributed by atoms with Crippen LogP contribution in [0.15, 0.2) is 34.7 Å². The Bertz CT molecular complexity index is 469. The zero-order valence-corrected chi connectivity index (χ0v) is 8.95. The van der Waals surface area contributed by atoms with Gasteiger partial charge in [0.2, 0.25) is 0 Å². The molecule has 0 atom stereocenters. The summed E-state index contributed by atoms with van der Waals surface area (Å²) in [7, 11) is 0. The van der Waals surface area contributed by atoms with Gasteiger partial charge in [-0.2, -0.15) is 0 Å². The Hall–Kier alpha value is -1.70. The largest absolute Gasteiger partial charge is 0.508 e. The van der Waals surface area contributed by atoms with Crippen LogP contribution in [-0.2, 0) is 6.42 Å².